The van der Waals surface area contributed by atoms with Crippen molar-refractivity contribution in [2.24, 2.45) is 5.73 Å². The number of carbonyl (C=O) groups excluding carboxylic acids is 1. The zero-order chi connectivity index (χ0) is 15.2. The normalized spacial score (nSPS) is 12.0. The number of phenols is 1. The molecule has 2 aromatic carbocycles. The van der Waals surface area contributed by atoms with Crippen molar-refractivity contribution in [2.75, 3.05) is 6.61 Å². The molecule has 0 aliphatic carbocycles. The van der Waals surface area contributed by atoms with E-state index in [0.29, 0.717) is 5.02 Å². The van der Waals surface area contributed by atoms with Crippen LogP contribution in [0.15, 0.2) is 48.5 Å². The summed E-state index contributed by atoms with van der Waals surface area (Å²) in [6, 6.07) is 13.6. The molecule has 1 atom stereocenters. The lowest BCUT2D eigenvalue weighted by atomic mass is 9.99. The van der Waals surface area contributed by atoms with Gasteiger partial charge in [-0.1, -0.05) is 35.9 Å². The maximum Gasteiger partial charge on any atom is 0.245 e. The van der Waals surface area contributed by atoms with E-state index in [4.69, 9.17) is 22.2 Å². The summed E-state index contributed by atoms with van der Waals surface area (Å²) >= 11 is 5.88. The predicted octanol–water partition coefficient (Wildman–Crippen LogP) is 2.14. The summed E-state index contributed by atoms with van der Waals surface area (Å²) in [4.78, 5) is 15.9. The van der Waals surface area contributed by atoms with Crippen LogP contribution < -0.4 is 11.2 Å². The first-order valence-corrected chi connectivity index (χ1v) is 6.64. The van der Waals surface area contributed by atoms with Gasteiger partial charge in [0.2, 0.25) is 5.91 Å². The molecule has 0 aliphatic rings. The second-order valence-corrected chi connectivity index (χ2v) is 4.89. The van der Waals surface area contributed by atoms with E-state index in [-0.39, 0.29) is 18.4 Å². The van der Waals surface area contributed by atoms with E-state index in [1.165, 1.54) is 0 Å². The van der Waals surface area contributed by atoms with Crippen LogP contribution in [0.1, 0.15) is 17.2 Å². The lowest BCUT2D eigenvalue weighted by Gasteiger charge is -2.19. The molecule has 0 aromatic heterocycles. The van der Waals surface area contributed by atoms with E-state index in [1.54, 1.807) is 36.4 Å². The summed E-state index contributed by atoms with van der Waals surface area (Å²) < 4.78 is 0. The highest BCUT2D eigenvalue weighted by molar-refractivity contribution is 6.30. The van der Waals surface area contributed by atoms with E-state index in [9.17, 15) is 9.90 Å². The van der Waals surface area contributed by atoms with Crippen LogP contribution >= 0.6 is 11.6 Å². The van der Waals surface area contributed by atoms with Crippen molar-refractivity contribution < 1.29 is 14.7 Å². The van der Waals surface area contributed by atoms with Gasteiger partial charge in [0.1, 0.15) is 12.4 Å². The molecule has 0 fully saturated rings. The van der Waals surface area contributed by atoms with Gasteiger partial charge in [-0.2, -0.15) is 5.48 Å². The number of hydroxylamine groups is 1. The van der Waals surface area contributed by atoms with Crippen molar-refractivity contribution in [3.05, 3.63) is 64.7 Å². The average molecular weight is 307 g/mol. The lowest BCUT2D eigenvalue weighted by Crippen LogP contribution is -2.28. The van der Waals surface area contributed by atoms with Crippen molar-refractivity contribution in [3.8, 4) is 5.75 Å². The van der Waals surface area contributed by atoms with Gasteiger partial charge in [-0.3, -0.25) is 9.63 Å². The van der Waals surface area contributed by atoms with E-state index < -0.39 is 5.91 Å². The smallest absolute Gasteiger partial charge is 0.245 e. The van der Waals surface area contributed by atoms with Crippen LogP contribution in [-0.2, 0) is 9.63 Å². The fourth-order valence-corrected chi connectivity index (χ4v) is 1.97. The fraction of sp³-hybridized carbons (Fsp3) is 0.133. The minimum atomic E-state index is -0.567. The van der Waals surface area contributed by atoms with Crippen LogP contribution in [0.4, 0.5) is 0 Å². The minimum absolute atomic E-state index is 0.173. The van der Waals surface area contributed by atoms with Gasteiger partial charge in [-0.15, -0.1) is 0 Å². The number of nitrogens with one attached hydrogen (secondary N) is 1. The molecular weight excluding hydrogens is 292 g/mol. The van der Waals surface area contributed by atoms with Crippen LogP contribution in [0.25, 0.3) is 0 Å². The summed E-state index contributed by atoms with van der Waals surface area (Å²) in [7, 11) is 0. The standard InChI is InChI=1S/C15H15ClN2O3/c16-12-5-1-10(2-6-12)15(18-21-9-14(17)20)11-3-7-13(19)8-4-11/h1-8,15,18-19H,9H2,(H2,17,20). The number of halogens is 1. The molecule has 6 heteroatoms. The molecule has 1 unspecified atom stereocenters. The third-order valence-electron chi connectivity index (χ3n) is 2.85. The summed E-state index contributed by atoms with van der Waals surface area (Å²) in [6.45, 7) is -0.234. The highest BCUT2D eigenvalue weighted by Gasteiger charge is 2.14. The third-order valence-corrected chi connectivity index (χ3v) is 3.10. The Morgan fingerprint density at radius 3 is 2.19 bits per heavy atom. The SMILES string of the molecule is NC(=O)CONC(c1ccc(O)cc1)c1ccc(Cl)cc1. The minimum Gasteiger partial charge on any atom is -0.508 e. The Balaban J connectivity index is 2.22. The van der Waals surface area contributed by atoms with Gasteiger partial charge in [0.05, 0.1) is 6.04 Å². The number of hydrogen-bond donors (Lipinski definition) is 3. The Bertz CT molecular complexity index is 554. The average Bonchev–Trinajstić information content (AvgIpc) is 2.46. The molecule has 0 saturated carbocycles. The molecule has 0 heterocycles. The highest BCUT2D eigenvalue weighted by atomic mass is 35.5. The van der Waals surface area contributed by atoms with Crippen molar-refractivity contribution in [1.82, 2.24) is 5.48 Å². The number of benzene rings is 2. The quantitative estimate of drug-likeness (QED) is 0.714. The number of carbonyl (C=O) groups is 1. The van der Waals surface area contributed by atoms with Crippen LogP contribution in [-0.4, -0.2) is 17.6 Å². The maximum absolute atomic E-state index is 10.7. The predicted molar refractivity (Wildman–Crippen MR) is 79.7 cm³/mol. The first-order valence-electron chi connectivity index (χ1n) is 6.26. The third kappa shape index (κ3) is 4.46. The molecule has 2 aromatic rings. The Morgan fingerprint density at radius 2 is 1.67 bits per heavy atom. The second kappa shape index (κ2) is 7.08. The van der Waals surface area contributed by atoms with Gasteiger partial charge >= 0.3 is 0 Å². The van der Waals surface area contributed by atoms with Crippen molar-refractivity contribution in [1.29, 1.82) is 0 Å². The Morgan fingerprint density at radius 1 is 1.14 bits per heavy atom. The molecule has 0 bridgehead atoms. The Hall–Kier alpha value is -2.08. The Kier molecular flexibility index (Phi) is 5.16. The zero-order valence-electron chi connectivity index (χ0n) is 11.1. The molecule has 21 heavy (non-hydrogen) atoms. The summed E-state index contributed by atoms with van der Waals surface area (Å²) in [5, 5.41) is 9.99. The number of hydrogen-bond acceptors (Lipinski definition) is 4. The van der Waals surface area contributed by atoms with E-state index >= 15 is 0 Å². The molecule has 110 valence electrons. The molecule has 0 radical (unpaired) electrons. The first kappa shape index (κ1) is 15.3. The van der Waals surface area contributed by atoms with Gasteiger partial charge < -0.3 is 10.8 Å². The monoisotopic (exact) mass is 306 g/mol. The number of nitrogens with two attached hydrogens (primary N) is 1. The first-order chi connectivity index (χ1) is 10.1. The van der Waals surface area contributed by atoms with Gasteiger partial charge in [0.15, 0.2) is 0 Å². The molecule has 1 amide bonds. The lowest BCUT2D eigenvalue weighted by molar-refractivity contribution is -0.125. The van der Waals surface area contributed by atoms with Crippen LogP contribution in [0.5, 0.6) is 5.75 Å². The number of amides is 1. The number of aromatic hydroxyl groups is 1. The number of rotatable bonds is 6. The van der Waals surface area contributed by atoms with Gasteiger partial charge in [-0.25, -0.2) is 0 Å². The van der Waals surface area contributed by atoms with E-state index in [2.05, 4.69) is 5.48 Å². The topological polar surface area (TPSA) is 84.6 Å². The molecule has 0 spiro atoms. The molecule has 5 nitrogen and oxygen atoms in total. The molecule has 0 aliphatic heterocycles. The highest BCUT2D eigenvalue weighted by Crippen LogP contribution is 2.25. The van der Waals surface area contributed by atoms with Crippen molar-refractivity contribution in [3.63, 3.8) is 0 Å². The second-order valence-electron chi connectivity index (χ2n) is 4.45. The summed E-state index contributed by atoms with van der Waals surface area (Å²) in [6.07, 6.45) is 0. The van der Waals surface area contributed by atoms with Gasteiger partial charge in [0.25, 0.3) is 0 Å². The fourth-order valence-electron chi connectivity index (χ4n) is 1.85. The van der Waals surface area contributed by atoms with E-state index in [1.807, 2.05) is 12.1 Å². The zero-order valence-corrected chi connectivity index (χ0v) is 11.9. The van der Waals surface area contributed by atoms with Crippen molar-refractivity contribution >= 4 is 17.5 Å². The maximum atomic E-state index is 10.7. The van der Waals surface area contributed by atoms with Gasteiger partial charge in [0, 0.05) is 5.02 Å². The largest absolute Gasteiger partial charge is 0.508 e. The van der Waals surface area contributed by atoms with E-state index in [0.717, 1.165) is 11.1 Å². The van der Waals surface area contributed by atoms with Crippen molar-refractivity contribution in [2.45, 2.75) is 6.04 Å². The Labute approximate surface area is 127 Å². The number of primary amides is 1. The summed E-state index contributed by atoms with van der Waals surface area (Å²) in [5.74, 6) is -0.394. The van der Waals surface area contributed by atoms with Crippen LogP contribution in [0.3, 0.4) is 0 Å². The number of phenolic OH excluding ortho intramolecular Hbond substituents is 1. The van der Waals surface area contributed by atoms with Crippen LogP contribution in [0.2, 0.25) is 5.02 Å². The van der Waals surface area contributed by atoms with Gasteiger partial charge in [-0.05, 0) is 35.4 Å². The summed E-state index contributed by atoms with van der Waals surface area (Å²) in [5.41, 5.74) is 9.60. The molecular formula is C15H15ClN2O3. The van der Waals surface area contributed by atoms with Crippen LogP contribution in [0, 0.1) is 0 Å². The molecule has 2 rings (SSSR count). The molecule has 4 N–H and O–H groups in total. The molecule has 0 saturated heterocycles.